The number of aromatic nitrogens is 4. The first-order valence-electron chi connectivity index (χ1n) is 6.65. The fraction of sp³-hybridized carbons (Fsp3) is 0.143. The molecule has 0 saturated carbocycles. The smallest absolute Gasteiger partial charge is 0.319 e. The molecule has 0 fully saturated rings. The number of nitrogens with one attached hydrogen (secondary N) is 2. The third-order valence-electron chi connectivity index (χ3n) is 2.98. The maximum atomic E-state index is 11.9. The lowest BCUT2D eigenvalue weighted by atomic mass is 10.3. The summed E-state index contributed by atoms with van der Waals surface area (Å²) in [5.41, 5.74) is 1.41. The second-order valence-corrected chi connectivity index (χ2v) is 4.58. The Kier molecular flexibility index (Phi) is 3.82. The maximum Gasteiger partial charge on any atom is 0.319 e. The van der Waals surface area contributed by atoms with E-state index in [9.17, 15) is 4.79 Å². The summed E-state index contributed by atoms with van der Waals surface area (Å²) in [4.78, 5) is 11.9. The van der Waals surface area contributed by atoms with Gasteiger partial charge in [-0.1, -0.05) is 6.07 Å². The molecule has 0 aliphatic heterocycles. The number of rotatable bonds is 4. The number of urea groups is 1. The van der Waals surface area contributed by atoms with Crippen molar-refractivity contribution in [3.05, 3.63) is 54.2 Å². The lowest BCUT2D eigenvalue weighted by Crippen LogP contribution is -2.28. The zero-order valence-electron chi connectivity index (χ0n) is 11.9. The Morgan fingerprint density at radius 2 is 2.23 bits per heavy atom. The van der Waals surface area contributed by atoms with E-state index in [-0.39, 0.29) is 6.03 Å². The van der Waals surface area contributed by atoms with Crippen LogP contribution in [0.3, 0.4) is 0 Å². The van der Waals surface area contributed by atoms with Crippen molar-refractivity contribution in [3.63, 3.8) is 0 Å². The van der Waals surface area contributed by atoms with E-state index in [0.717, 1.165) is 5.69 Å². The summed E-state index contributed by atoms with van der Waals surface area (Å²) in [5.74, 6) is 1.35. The normalized spacial score (nSPS) is 10.4. The monoisotopic (exact) mass is 298 g/mol. The lowest BCUT2D eigenvalue weighted by Gasteiger charge is -2.08. The van der Waals surface area contributed by atoms with Gasteiger partial charge in [-0.05, 0) is 47.7 Å². The van der Waals surface area contributed by atoms with Crippen molar-refractivity contribution in [3.8, 4) is 5.69 Å². The number of tetrazole rings is 1. The predicted molar refractivity (Wildman–Crippen MR) is 78.5 cm³/mol. The average Bonchev–Trinajstić information content (AvgIpc) is 3.16. The Hall–Kier alpha value is -3.16. The Bertz CT molecular complexity index is 765. The first kappa shape index (κ1) is 13.8. The fourth-order valence-corrected chi connectivity index (χ4v) is 1.94. The Balaban J connectivity index is 1.65. The minimum Gasteiger partial charge on any atom is -0.467 e. The number of amides is 2. The molecule has 1 aromatic carbocycles. The van der Waals surface area contributed by atoms with Gasteiger partial charge in [0, 0.05) is 5.69 Å². The minimum atomic E-state index is -0.318. The van der Waals surface area contributed by atoms with Gasteiger partial charge in [-0.2, -0.15) is 4.68 Å². The second kappa shape index (κ2) is 6.08. The van der Waals surface area contributed by atoms with Crippen molar-refractivity contribution >= 4 is 11.7 Å². The number of hydrogen-bond acceptors (Lipinski definition) is 5. The number of aryl methyl sites for hydroxylation is 1. The molecule has 22 heavy (non-hydrogen) atoms. The first-order chi connectivity index (χ1) is 10.7. The largest absolute Gasteiger partial charge is 0.467 e. The summed E-state index contributed by atoms with van der Waals surface area (Å²) in [6.07, 6.45) is 1.56. The molecular formula is C14H14N6O2. The van der Waals surface area contributed by atoms with Gasteiger partial charge in [0.05, 0.1) is 18.5 Å². The SMILES string of the molecule is Cc1nnnn1-c1cccc(NC(=O)NCc2ccco2)c1. The summed E-state index contributed by atoms with van der Waals surface area (Å²) in [6.45, 7) is 2.13. The number of hydrogen-bond donors (Lipinski definition) is 2. The summed E-state index contributed by atoms with van der Waals surface area (Å²) in [5, 5.41) is 16.8. The summed E-state index contributed by atoms with van der Waals surface area (Å²) in [6, 6.07) is 10.5. The summed E-state index contributed by atoms with van der Waals surface area (Å²) < 4.78 is 6.74. The van der Waals surface area contributed by atoms with Crippen LogP contribution in [0.5, 0.6) is 0 Å². The van der Waals surface area contributed by atoms with E-state index in [0.29, 0.717) is 23.8 Å². The zero-order valence-corrected chi connectivity index (χ0v) is 11.9. The van der Waals surface area contributed by atoms with Crippen LogP contribution in [0.4, 0.5) is 10.5 Å². The van der Waals surface area contributed by atoms with Crippen molar-refractivity contribution < 1.29 is 9.21 Å². The van der Waals surface area contributed by atoms with E-state index in [1.54, 1.807) is 42.1 Å². The molecule has 0 spiro atoms. The van der Waals surface area contributed by atoms with Crippen LogP contribution < -0.4 is 10.6 Å². The second-order valence-electron chi connectivity index (χ2n) is 4.58. The number of carbonyl (C=O) groups excluding carboxylic acids is 1. The van der Waals surface area contributed by atoms with Crippen LogP contribution in [0.2, 0.25) is 0 Å². The quantitative estimate of drug-likeness (QED) is 0.766. The topological polar surface area (TPSA) is 97.9 Å². The lowest BCUT2D eigenvalue weighted by molar-refractivity contribution is 0.251. The van der Waals surface area contributed by atoms with Gasteiger partial charge >= 0.3 is 6.03 Å². The molecule has 8 heteroatoms. The molecule has 3 rings (SSSR count). The molecule has 0 saturated heterocycles. The molecule has 0 unspecified atom stereocenters. The van der Waals surface area contributed by atoms with Gasteiger partial charge < -0.3 is 15.1 Å². The van der Waals surface area contributed by atoms with E-state index in [1.807, 2.05) is 12.1 Å². The third kappa shape index (κ3) is 3.11. The molecule has 2 N–H and O–H groups in total. The number of anilines is 1. The first-order valence-corrected chi connectivity index (χ1v) is 6.65. The van der Waals surface area contributed by atoms with E-state index >= 15 is 0 Å². The van der Waals surface area contributed by atoms with Crippen LogP contribution in [-0.4, -0.2) is 26.2 Å². The average molecular weight is 298 g/mol. The predicted octanol–water partition coefficient (Wildman–Crippen LogP) is 1.89. The number of benzene rings is 1. The van der Waals surface area contributed by atoms with E-state index in [1.165, 1.54) is 0 Å². The highest BCUT2D eigenvalue weighted by atomic mass is 16.3. The summed E-state index contributed by atoms with van der Waals surface area (Å²) >= 11 is 0. The van der Waals surface area contributed by atoms with Gasteiger partial charge in [-0.3, -0.25) is 0 Å². The fourth-order valence-electron chi connectivity index (χ4n) is 1.94. The molecule has 2 heterocycles. The highest BCUT2D eigenvalue weighted by Crippen LogP contribution is 2.14. The number of nitrogens with zero attached hydrogens (tertiary/aromatic N) is 4. The molecule has 0 radical (unpaired) electrons. The van der Waals surface area contributed by atoms with E-state index in [2.05, 4.69) is 26.2 Å². The molecule has 112 valence electrons. The molecule has 8 nitrogen and oxygen atoms in total. The number of carbonyl (C=O) groups is 1. The van der Waals surface area contributed by atoms with Crippen LogP contribution in [0, 0.1) is 6.92 Å². The summed E-state index contributed by atoms with van der Waals surface area (Å²) in [7, 11) is 0. The van der Waals surface area contributed by atoms with Crippen LogP contribution in [0.15, 0.2) is 47.1 Å². The van der Waals surface area contributed by atoms with Crippen LogP contribution in [0.1, 0.15) is 11.6 Å². The van der Waals surface area contributed by atoms with Gasteiger partial charge in [0.15, 0.2) is 5.82 Å². The van der Waals surface area contributed by atoms with Crippen LogP contribution in [-0.2, 0) is 6.54 Å². The molecular weight excluding hydrogens is 284 g/mol. The molecule has 0 atom stereocenters. The van der Waals surface area contributed by atoms with Gasteiger partial charge in [0.1, 0.15) is 5.76 Å². The maximum absolute atomic E-state index is 11.9. The molecule has 2 amide bonds. The molecule has 0 aliphatic rings. The van der Waals surface area contributed by atoms with Crippen LogP contribution >= 0.6 is 0 Å². The highest BCUT2D eigenvalue weighted by Gasteiger charge is 2.06. The van der Waals surface area contributed by atoms with E-state index in [4.69, 9.17) is 4.42 Å². The van der Waals surface area contributed by atoms with Crippen molar-refractivity contribution in [2.75, 3.05) is 5.32 Å². The molecule has 3 aromatic rings. The number of furan rings is 1. The van der Waals surface area contributed by atoms with Crippen molar-refractivity contribution in [1.82, 2.24) is 25.5 Å². The van der Waals surface area contributed by atoms with Gasteiger partial charge in [-0.25, -0.2) is 4.79 Å². The molecule has 2 aromatic heterocycles. The van der Waals surface area contributed by atoms with Crippen molar-refractivity contribution in [1.29, 1.82) is 0 Å². The Morgan fingerprint density at radius 3 is 2.95 bits per heavy atom. The third-order valence-corrected chi connectivity index (χ3v) is 2.98. The van der Waals surface area contributed by atoms with Crippen molar-refractivity contribution in [2.45, 2.75) is 13.5 Å². The van der Waals surface area contributed by atoms with Gasteiger partial charge in [0.2, 0.25) is 0 Å². The van der Waals surface area contributed by atoms with Crippen molar-refractivity contribution in [2.24, 2.45) is 0 Å². The Morgan fingerprint density at radius 1 is 1.32 bits per heavy atom. The van der Waals surface area contributed by atoms with Gasteiger partial charge in [-0.15, -0.1) is 5.10 Å². The molecule has 0 aliphatic carbocycles. The highest BCUT2D eigenvalue weighted by molar-refractivity contribution is 5.89. The standard InChI is InChI=1S/C14H14N6O2/c1-10-17-18-19-20(10)12-5-2-4-11(8-12)16-14(21)15-9-13-6-3-7-22-13/h2-8H,9H2,1H3,(H2,15,16,21). The van der Waals surface area contributed by atoms with Gasteiger partial charge in [0.25, 0.3) is 0 Å². The minimum absolute atomic E-state index is 0.318. The molecule has 0 bridgehead atoms. The van der Waals surface area contributed by atoms with E-state index < -0.39 is 0 Å². The Labute approximate surface area is 126 Å². The van der Waals surface area contributed by atoms with Crippen LogP contribution in [0.25, 0.3) is 5.69 Å². The zero-order chi connectivity index (χ0) is 15.4.